The molecule has 0 aromatic carbocycles. The molecule has 3 nitrogen and oxygen atoms in total. The molecule has 1 aromatic heterocycles. The summed E-state index contributed by atoms with van der Waals surface area (Å²) in [5, 5.41) is 0. The predicted molar refractivity (Wildman–Crippen MR) is 54.9 cm³/mol. The Morgan fingerprint density at radius 3 is 2.92 bits per heavy atom. The lowest BCUT2D eigenvalue weighted by molar-refractivity contribution is 1.13. The molecule has 1 rings (SSSR count). The SMILES string of the molecule is Cc1sc(=O)[nH]c1CSCCN. The summed E-state index contributed by atoms with van der Waals surface area (Å²) in [6.45, 7) is 2.65. The van der Waals surface area contributed by atoms with E-state index in [0.717, 1.165) is 22.1 Å². The van der Waals surface area contributed by atoms with Gasteiger partial charge in [0.05, 0.1) is 0 Å². The fraction of sp³-hybridized carbons (Fsp3) is 0.571. The minimum Gasteiger partial charge on any atom is -0.330 e. The molecule has 0 aliphatic carbocycles. The number of aromatic amines is 1. The van der Waals surface area contributed by atoms with Crippen LogP contribution in [0.2, 0.25) is 0 Å². The van der Waals surface area contributed by atoms with Gasteiger partial charge in [-0.15, -0.1) is 0 Å². The monoisotopic (exact) mass is 204 g/mol. The highest BCUT2D eigenvalue weighted by molar-refractivity contribution is 7.98. The highest BCUT2D eigenvalue weighted by Gasteiger charge is 2.02. The zero-order valence-electron chi connectivity index (χ0n) is 6.92. The molecule has 0 bridgehead atoms. The average Bonchev–Trinajstić information content (AvgIpc) is 2.31. The molecule has 0 spiro atoms. The number of aromatic nitrogens is 1. The molecule has 0 aliphatic heterocycles. The summed E-state index contributed by atoms with van der Waals surface area (Å²) in [5.74, 6) is 1.80. The Hall–Kier alpha value is -0.260. The molecular formula is C7H12N2OS2. The van der Waals surface area contributed by atoms with Gasteiger partial charge in [0.2, 0.25) is 0 Å². The Bertz CT molecular complexity index is 292. The van der Waals surface area contributed by atoms with Crippen LogP contribution < -0.4 is 10.6 Å². The van der Waals surface area contributed by atoms with Gasteiger partial charge in [-0.05, 0) is 6.92 Å². The van der Waals surface area contributed by atoms with Gasteiger partial charge in [0.25, 0.3) is 0 Å². The molecule has 0 radical (unpaired) electrons. The zero-order chi connectivity index (χ0) is 8.97. The van der Waals surface area contributed by atoms with E-state index in [1.54, 1.807) is 11.8 Å². The van der Waals surface area contributed by atoms with E-state index in [-0.39, 0.29) is 4.87 Å². The lowest BCUT2D eigenvalue weighted by atomic mass is 10.4. The number of nitrogens with two attached hydrogens (primary N) is 1. The number of thiazole rings is 1. The van der Waals surface area contributed by atoms with E-state index in [0.29, 0.717) is 6.54 Å². The summed E-state index contributed by atoms with van der Waals surface area (Å²) in [6, 6.07) is 0. The molecule has 0 saturated carbocycles. The predicted octanol–water partition coefficient (Wildman–Crippen LogP) is 0.937. The van der Waals surface area contributed by atoms with Gasteiger partial charge in [-0.1, -0.05) is 11.3 Å². The minimum absolute atomic E-state index is 0.0378. The van der Waals surface area contributed by atoms with Gasteiger partial charge in [-0.3, -0.25) is 4.79 Å². The molecule has 5 heteroatoms. The number of aryl methyl sites for hydroxylation is 1. The summed E-state index contributed by atoms with van der Waals surface area (Å²) in [5.41, 5.74) is 6.39. The van der Waals surface area contributed by atoms with Crippen molar-refractivity contribution in [2.75, 3.05) is 12.3 Å². The number of nitrogens with one attached hydrogen (secondary N) is 1. The van der Waals surface area contributed by atoms with Crippen LogP contribution in [0.1, 0.15) is 10.6 Å². The first-order valence-electron chi connectivity index (χ1n) is 3.70. The van der Waals surface area contributed by atoms with Gasteiger partial charge >= 0.3 is 4.87 Å². The molecule has 12 heavy (non-hydrogen) atoms. The van der Waals surface area contributed by atoms with Crippen molar-refractivity contribution in [2.45, 2.75) is 12.7 Å². The minimum atomic E-state index is 0.0378. The fourth-order valence-corrected chi connectivity index (χ4v) is 2.43. The molecule has 0 atom stereocenters. The molecule has 0 amide bonds. The molecule has 68 valence electrons. The van der Waals surface area contributed by atoms with Crippen LogP contribution in [0, 0.1) is 6.92 Å². The number of H-pyrrole nitrogens is 1. The van der Waals surface area contributed by atoms with Gasteiger partial charge in [0.15, 0.2) is 0 Å². The standard InChI is InChI=1S/C7H12N2OS2/c1-5-6(4-11-3-2-8)9-7(10)12-5/h2-4,8H2,1H3,(H,9,10). The van der Waals surface area contributed by atoms with Gasteiger partial charge in [0.1, 0.15) is 0 Å². The first-order valence-corrected chi connectivity index (χ1v) is 5.67. The van der Waals surface area contributed by atoms with E-state index in [1.165, 1.54) is 11.3 Å². The highest BCUT2D eigenvalue weighted by Crippen LogP contribution is 2.14. The van der Waals surface area contributed by atoms with Gasteiger partial charge in [0, 0.05) is 28.6 Å². The molecule has 0 fully saturated rings. The number of hydrogen-bond donors (Lipinski definition) is 2. The van der Waals surface area contributed by atoms with Crippen LogP contribution in [0.25, 0.3) is 0 Å². The van der Waals surface area contributed by atoms with Crippen LogP contribution in [0.3, 0.4) is 0 Å². The Morgan fingerprint density at radius 2 is 2.42 bits per heavy atom. The van der Waals surface area contributed by atoms with E-state index in [4.69, 9.17) is 5.73 Å². The largest absolute Gasteiger partial charge is 0.330 e. The van der Waals surface area contributed by atoms with Crippen molar-refractivity contribution in [3.8, 4) is 0 Å². The van der Waals surface area contributed by atoms with E-state index < -0.39 is 0 Å². The second kappa shape index (κ2) is 4.69. The Morgan fingerprint density at radius 1 is 1.67 bits per heavy atom. The molecular weight excluding hydrogens is 192 g/mol. The van der Waals surface area contributed by atoms with E-state index >= 15 is 0 Å². The van der Waals surface area contributed by atoms with E-state index in [2.05, 4.69) is 4.98 Å². The van der Waals surface area contributed by atoms with Crippen molar-refractivity contribution in [3.63, 3.8) is 0 Å². The smallest absolute Gasteiger partial charge is 0.304 e. The zero-order valence-corrected chi connectivity index (χ0v) is 8.56. The number of hydrogen-bond acceptors (Lipinski definition) is 4. The molecule has 0 unspecified atom stereocenters. The second-order valence-electron chi connectivity index (χ2n) is 2.39. The summed E-state index contributed by atoms with van der Waals surface area (Å²) < 4.78 is 0. The summed E-state index contributed by atoms with van der Waals surface area (Å²) >= 11 is 3.02. The van der Waals surface area contributed by atoms with E-state index in [9.17, 15) is 4.79 Å². The topological polar surface area (TPSA) is 58.9 Å². The molecule has 1 aromatic rings. The maximum absolute atomic E-state index is 10.9. The first kappa shape index (κ1) is 9.83. The van der Waals surface area contributed by atoms with Crippen LogP contribution in [0.4, 0.5) is 0 Å². The van der Waals surface area contributed by atoms with Gasteiger partial charge < -0.3 is 10.7 Å². The lowest BCUT2D eigenvalue weighted by Gasteiger charge is -1.97. The Balaban J connectivity index is 2.51. The third-order valence-corrected chi connectivity index (χ3v) is 3.29. The third kappa shape index (κ3) is 2.66. The molecule has 1 heterocycles. The van der Waals surface area contributed by atoms with Crippen LogP contribution >= 0.6 is 23.1 Å². The normalized spacial score (nSPS) is 10.5. The van der Waals surface area contributed by atoms with Crippen molar-refractivity contribution >= 4 is 23.1 Å². The molecule has 3 N–H and O–H groups in total. The van der Waals surface area contributed by atoms with Crippen molar-refractivity contribution in [1.82, 2.24) is 4.98 Å². The van der Waals surface area contributed by atoms with Crippen molar-refractivity contribution in [2.24, 2.45) is 5.73 Å². The van der Waals surface area contributed by atoms with Crippen molar-refractivity contribution < 1.29 is 0 Å². The third-order valence-electron chi connectivity index (χ3n) is 1.43. The summed E-state index contributed by atoms with van der Waals surface area (Å²) in [6.07, 6.45) is 0. The van der Waals surface area contributed by atoms with Crippen LogP contribution in [-0.4, -0.2) is 17.3 Å². The molecule has 0 aliphatic rings. The summed E-state index contributed by atoms with van der Waals surface area (Å²) in [4.78, 5) is 14.8. The van der Waals surface area contributed by atoms with Crippen molar-refractivity contribution in [3.05, 3.63) is 20.2 Å². The second-order valence-corrected chi connectivity index (χ2v) is 4.68. The van der Waals surface area contributed by atoms with Crippen molar-refractivity contribution in [1.29, 1.82) is 0 Å². The first-order chi connectivity index (χ1) is 5.74. The van der Waals surface area contributed by atoms with Gasteiger partial charge in [-0.25, -0.2) is 0 Å². The van der Waals surface area contributed by atoms with Crippen LogP contribution in [0.5, 0.6) is 0 Å². The maximum atomic E-state index is 10.9. The quantitative estimate of drug-likeness (QED) is 0.718. The summed E-state index contributed by atoms with van der Waals surface area (Å²) in [7, 11) is 0. The van der Waals surface area contributed by atoms with E-state index in [1.807, 2.05) is 6.92 Å². The Kier molecular flexibility index (Phi) is 3.84. The number of rotatable bonds is 4. The molecule has 0 saturated heterocycles. The highest BCUT2D eigenvalue weighted by atomic mass is 32.2. The van der Waals surface area contributed by atoms with Crippen LogP contribution in [-0.2, 0) is 5.75 Å². The van der Waals surface area contributed by atoms with Crippen LogP contribution in [0.15, 0.2) is 4.79 Å². The Labute approximate surface area is 79.4 Å². The maximum Gasteiger partial charge on any atom is 0.304 e. The lowest BCUT2D eigenvalue weighted by Crippen LogP contribution is -2.02. The fourth-order valence-electron chi connectivity index (χ4n) is 0.833. The van der Waals surface area contributed by atoms with Gasteiger partial charge in [-0.2, -0.15) is 11.8 Å². The number of thioether (sulfide) groups is 1. The average molecular weight is 204 g/mol.